The monoisotopic (exact) mass is 209 g/mol. The minimum Gasteiger partial charge on any atom is -0.478 e. The predicted molar refractivity (Wildman–Crippen MR) is 52.1 cm³/mol. The van der Waals surface area contributed by atoms with Crippen LogP contribution in [-0.2, 0) is 11.3 Å². The second kappa shape index (κ2) is 4.41. The van der Waals surface area contributed by atoms with Crippen LogP contribution in [0.15, 0.2) is 23.9 Å². The highest BCUT2D eigenvalue weighted by molar-refractivity contribution is 5.90. The first-order valence-electron chi connectivity index (χ1n) is 4.22. The van der Waals surface area contributed by atoms with Gasteiger partial charge in [-0.3, -0.25) is 9.48 Å². The average Bonchev–Trinajstić information content (AvgIpc) is 2.50. The number of hydrogen-bond acceptors (Lipinski definition) is 3. The Hall–Kier alpha value is -2.11. The third-order valence-electron chi connectivity index (χ3n) is 1.67. The Morgan fingerprint density at radius 3 is 2.80 bits per heavy atom. The number of aliphatic carboxylic acids is 1. The summed E-state index contributed by atoms with van der Waals surface area (Å²) in [5, 5.41) is 12.3. The second-order valence-corrected chi connectivity index (χ2v) is 3.09. The van der Waals surface area contributed by atoms with E-state index < -0.39 is 11.9 Å². The fraction of sp³-hybridized carbons (Fsp3) is 0.222. The molecular formula is C9H11N3O3. The number of primary amides is 1. The highest BCUT2D eigenvalue weighted by Crippen LogP contribution is 2.00. The van der Waals surface area contributed by atoms with Crippen LogP contribution in [0.25, 0.3) is 0 Å². The lowest BCUT2D eigenvalue weighted by Gasteiger charge is -1.99. The molecule has 1 rings (SSSR count). The maximum Gasteiger partial charge on any atom is 0.328 e. The lowest BCUT2D eigenvalue weighted by molar-refractivity contribution is -0.131. The smallest absolute Gasteiger partial charge is 0.328 e. The van der Waals surface area contributed by atoms with Crippen LogP contribution in [0.2, 0.25) is 0 Å². The molecule has 0 fully saturated rings. The van der Waals surface area contributed by atoms with Gasteiger partial charge in [0.05, 0.1) is 6.54 Å². The fourth-order valence-corrected chi connectivity index (χ4v) is 1.09. The number of allylic oxidation sites excluding steroid dienone is 1. The summed E-state index contributed by atoms with van der Waals surface area (Å²) < 4.78 is 1.45. The van der Waals surface area contributed by atoms with E-state index in [-0.39, 0.29) is 5.69 Å². The third-order valence-corrected chi connectivity index (χ3v) is 1.67. The minimum absolute atomic E-state index is 0.165. The van der Waals surface area contributed by atoms with Crippen molar-refractivity contribution >= 4 is 11.9 Å². The molecule has 3 N–H and O–H groups in total. The van der Waals surface area contributed by atoms with Crippen LogP contribution in [0.4, 0.5) is 0 Å². The van der Waals surface area contributed by atoms with Crippen molar-refractivity contribution in [2.24, 2.45) is 5.73 Å². The highest BCUT2D eigenvalue weighted by atomic mass is 16.4. The molecule has 1 aromatic rings. The number of carboxylic acid groups (broad SMARTS) is 1. The SMILES string of the molecule is CC(=CC(=O)O)Cn1ccc(C(N)=O)n1. The summed E-state index contributed by atoms with van der Waals surface area (Å²) in [6.07, 6.45) is 2.66. The van der Waals surface area contributed by atoms with Crippen molar-refractivity contribution in [1.29, 1.82) is 0 Å². The van der Waals surface area contributed by atoms with Crippen molar-refractivity contribution in [3.05, 3.63) is 29.6 Å². The summed E-state index contributed by atoms with van der Waals surface area (Å²) in [6.45, 7) is 1.99. The predicted octanol–water partition coefficient (Wildman–Crippen LogP) is 0.0129. The number of carbonyl (C=O) groups excluding carboxylic acids is 1. The normalized spacial score (nSPS) is 11.4. The molecule has 0 bridgehead atoms. The molecule has 0 atom stereocenters. The molecule has 0 saturated carbocycles. The van der Waals surface area contributed by atoms with E-state index in [0.717, 1.165) is 6.08 Å². The van der Waals surface area contributed by atoms with Crippen LogP contribution < -0.4 is 5.73 Å². The van der Waals surface area contributed by atoms with Gasteiger partial charge in [0.15, 0.2) is 0 Å². The molecule has 0 radical (unpaired) electrons. The standard InChI is InChI=1S/C9H11N3O3/c1-6(4-8(13)14)5-12-3-2-7(11-12)9(10)15/h2-4H,5H2,1H3,(H2,10,15)(H,13,14). The van der Waals surface area contributed by atoms with Gasteiger partial charge in [-0.2, -0.15) is 5.10 Å². The zero-order chi connectivity index (χ0) is 11.4. The fourth-order valence-electron chi connectivity index (χ4n) is 1.09. The molecule has 0 aliphatic carbocycles. The molecule has 0 aliphatic heterocycles. The van der Waals surface area contributed by atoms with Crippen LogP contribution in [0.3, 0.4) is 0 Å². The maximum atomic E-state index is 10.7. The van der Waals surface area contributed by atoms with E-state index in [1.54, 1.807) is 13.1 Å². The van der Waals surface area contributed by atoms with Gasteiger partial charge in [0.25, 0.3) is 5.91 Å². The van der Waals surface area contributed by atoms with Gasteiger partial charge in [-0.1, -0.05) is 0 Å². The third kappa shape index (κ3) is 3.26. The van der Waals surface area contributed by atoms with Crippen molar-refractivity contribution in [1.82, 2.24) is 9.78 Å². The van der Waals surface area contributed by atoms with E-state index in [4.69, 9.17) is 10.8 Å². The Labute approximate surface area is 86.0 Å². The molecular weight excluding hydrogens is 198 g/mol. The van der Waals surface area contributed by atoms with Gasteiger partial charge in [-0.05, 0) is 18.6 Å². The number of carbonyl (C=O) groups is 2. The number of aromatic nitrogens is 2. The van der Waals surface area contributed by atoms with Crippen LogP contribution in [0, 0.1) is 0 Å². The minimum atomic E-state index is -1.00. The molecule has 0 unspecified atom stereocenters. The topological polar surface area (TPSA) is 98.2 Å². The molecule has 1 amide bonds. The quantitative estimate of drug-likeness (QED) is 0.682. The van der Waals surface area contributed by atoms with E-state index in [9.17, 15) is 9.59 Å². The highest BCUT2D eigenvalue weighted by Gasteiger charge is 2.04. The zero-order valence-corrected chi connectivity index (χ0v) is 8.17. The largest absolute Gasteiger partial charge is 0.478 e. The number of hydrogen-bond donors (Lipinski definition) is 2. The summed E-state index contributed by atoms with van der Waals surface area (Å²) in [5.41, 5.74) is 5.81. The number of carboxylic acids is 1. The van der Waals surface area contributed by atoms with E-state index in [2.05, 4.69) is 5.10 Å². The Balaban J connectivity index is 2.73. The van der Waals surface area contributed by atoms with Gasteiger partial charge < -0.3 is 10.8 Å². The number of nitrogens with zero attached hydrogens (tertiary/aromatic N) is 2. The van der Waals surface area contributed by atoms with E-state index >= 15 is 0 Å². The Morgan fingerprint density at radius 2 is 2.33 bits per heavy atom. The van der Waals surface area contributed by atoms with Crippen molar-refractivity contribution in [2.75, 3.05) is 0 Å². The number of nitrogens with two attached hydrogens (primary N) is 1. The lowest BCUT2D eigenvalue weighted by Crippen LogP contribution is -2.12. The summed E-state index contributed by atoms with van der Waals surface area (Å²) in [7, 11) is 0. The van der Waals surface area contributed by atoms with Gasteiger partial charge in [0, 0.05) is 12.3 Å². The van der Waals surface area contributed by atoms with Crippen LogP contribution in [0.5, 0.6) is 0 Å². The molecule has 1 heterocycles. The second-order valence-electron chi connectivity index (χ2n) is 3.09. The van der Waals surface area contributed by atoms with Crippen LogP contribution in [0.1, 0.15) is 17.4 Å². The maximum absolute atomic E-state index is 10.7. The van der Waals surface area contributed by atoms with Gasteiger partial charge in [0.1, 0.15) is 5.69 Å². The molecule has 80 valence electrons. The summed E-state index contributed by atoms with van der Waals surface area (Å²) in [5.74, 6) is -1.61. The molecule has 0 spiro atoms. The van der Waals surface area contributed by atoms with Crippen LogP contribution >= 0.6 is 0 Å². The molecule has 0 aliphatic rings. The Bertz CT molecular complexity index is 420. The number of amides is 1. The molecule has 15 heavy (non-hydrogen) atoms. The van der Waals surface area contributed by atoms with Crippen molar-refractivity contribution < 1.29 is 14.7 Å². The van der Waals surface area contributed by atoms with Crippen molar-refractivity contribution in [3.63, 3.8) is 0 Å². The lowest BCUT2D eigenvalue weighted by atomic mass is 10.3. The van der Waals surface area contributed by atoms with Crippen molar-refractivity contribution in [3.8, 4) is 0 Å². The summed E-state index contributed by atoms with van der Waals surface area (Å²) >= 11 is 0. The van der Waals surface area contributed by atoms with Crippen LogP contribution in [-0.4, -0.2) is 26.8 Å². The number of rotatable bonds is 4. The Kier molecular flexibility index (Phi) is 3.22. The Morgan fingerprint density at radius 1 is 1.67 bits per heavy atom. The summed E-state index contributed by atoms with van der Waals surface area (Å²) in [4.78, 5) is 21.0. The molecule has 0 aromatic carbocycles. The van der Waals surface area contributed by atoms with E-state index in [0.29, 0.717) is 12.1 Å². The molecule has 6 heteroatoms. The first-order chi connectivity index (χ1) is 6.99. The molecule has 0 saturated heterocycles. The molecule has 1 aromatic heterocycles. The van der Waals surface area contributed by atoms with Gasteiger partial charge in [-0.15, -0.1) is 0 Å². The van der Waals surface area contributed by atoms with E-state index in [1.165, 1.54) is 10.7 Å². The summed E-state index contributed by atoms with van der Waals surface area (Å²) in [6, 6.07) is 1.48. The van der Waals surface area contributed by atoms with Gasteiger partial charge in [-0.25, -0.2) is 4.79 Å². The van der Waals surface area contributed by atoms with Gasteiger partial charge >= 0.3 is 5.97 Å². The zero-order valence-electron chi connectivity index (χ0n) is 8.17. The van der Waals surface area contributed by atoms with E-state index in [1.807, 2.05) is 0 Å². The van der Waals surface area contributed by atoms with Crippen molar-refractivity contribution in [2.45, 2.75) is 13.5 Å². The first kappa shape index (κ1) is 11.0. The molecule has 6 nitrogen and oxygen atoms in total. The first-order valence-corrected chi connectivity index (χ1v) is 4.22. The van der Waals surface area contributed by atoms with Gasteiger partial charge in [0.2, 0.25) is 0 Å². The average molecular weight is 209 g/mol.